The Morgan fingerprint density at radius 2 is 1.84 bits per heavy atom. The molecule has 1 aliphatic rings. The monoisotopic (exact) mass is 336 g/mol. The maximum atomic E-state index is 4.76. The molecular weight excluding hydrogens is 312 g/mol. The van der Waals surface area contributed by atoms with Gasteiger partial charge in [0.15, 0.2) is 5.82 Å². The minimum absolute atomic E-state index is 0.0885. The van der Waals surface area contributed by atoms with Crippen molar-refractivity contribution < 1.29 is 0 Å². The van der Waals surface area contributed by atoms with E-state index in [9.17, 15) is 0 Å². The average Bonchev–Trinajstić information content (AvgIpc) is 3.22. The normalized spacial score (nSPS) is 15.3. The predicted molar refractivity (Wildman–Crippen MR) is 96.4 cm³/mol. The number of rotatable bonds is 3. The van der Waals surface area contributed by atoms with Crippen LogP contribution >= 0.6 is 0 Å². The van der Waals surface area contributed by atoms with Crippen LogP contribution in [0.15, 0.2) is 42.7 Å². The van der Waals surface area contributed by atoms with Crippen LogP contribution in [0.5, 0.6) is 0 Å². The van der Waals surface area contributed by atoms with Crippen LogP contribution in [-0.2, 0) is 25.0 Å². The number of hydrogen-bond acceptors (Lipinski definition) is 4. The van der Waals surface area contributed by atoms with Crippen LogP contribution in [0.4, 0.5) is 0 Å². The van der Waals surface area contributed by atoms with Crippen LogP contribution in [0.3, 0.4) is 0 Å². The summed E-state index contributed by atoms with van der Waals surface area (Å²) in [6.07, 6.45) is 1.79. The van der Waals surface area contributed by atoms with Crippen molar-refractivity contribution >= 4 is 0 Å². The summed E-state index contributed by atoms with van der Waals surface area (Å²) < 4.78 is 3.98. The van der Waals surface area contributed by atoms with Gasteiger partial charge in [0.25, 0.3) is 0 Å². The van der Waals surface area contributed by atoms with E-state index in [0.29, 0.717) is 0 Å². The SMILES string of the molecule is CC(C)(C)c1cc2n(n1)CCN(Cc1ncn(-c3ccccc3)n1)C2. The van der Waals surface area contributed by atoms with Crippen molar-refractivity contribution in [2.45, 2.75) is 45.8 Å². The van der Waals surface area contributed by atoms with E-state index in [1.54, 1.807) is 6.33 Å². The number of fused-ring (bicyclic) bond motifs is 1. The van der Waals surface area contributed by atoms with Gasteiger partial charge in [0.05, 0.1) is 30.2 Å². The Morgan fingerprint density at radius 3 is 2.60 bits per heavy atom. The van der Waals surface area contributed by atoms with Crippen LogP contribution in [0.1, 0.15) is 38.0 Å². The van der Waals surface area contributed by atoms with E-state index in [2.05, 4.69) is 46.5 Å². The second kappa shape index (κ2) is 6.11. The number of nitrogens with zero attached hydrogens (tertiary/aromatic N) is 6. The minimum Gasteiger partial charge on any atom is -0.288 e. The Bertz CT molecular complexity index is 856. The zero-order chi connectivity index (χ0) is 17.4. The van der Waals surface area contributed by atoms with Gasteiger partial charge in [-0.3, -0.25) is 9.58 Å². The summed E-state index contributed by atoms with van der Waals surface area (Å²) in [6.45, 7) is 10.2. The highest BCUT2D eigenvalue weighted by molar-refractivity contribution is 5.29. The largest absolute Gasteiger partial charge is 0.288 e. The molecule has 2 aromatic heterocycles. The van der Waals surface area contributed by atoms with Gasteiger partial charge in [-0.15, -0.1) is 5.10 Å². The van der Waals surface area contributed by atoms with Gasteiger partial charge in [0, 0.05) is 18.5 Å². The van der Waals surface area contributed by atoms with Crippen molar-refractivity contribution in [1.82, 2.24) is 29.4 Å². The lowest BCUT2D eigenvalue weighted by atomic mass is 9.92. The molecule has 0 atom stereocenters. The van der Waals surface area contributed by atoms with Gasteiger partial charge < -0.3 is 0 Å². The fourth-order valence-corrected chi connectivity index (χ4v) is 3.10. The molecule has 0 bridgehead atoms. The third kappa shape index (κ3) is 3.35. The molecular formula is C19H24N6. The summed E-state index contributed by atoms with van der Waals surface area (Å²) in [7, 11) is 0. The topological polar surface area (TPSA) is 51.8 Å². The van der Waals surface area contributed by atoms with Gasteiger partial charge in [0.1, 0.15) is 6.33 Å². The first kappa shape index (κ1) is 16.0. The summed E-state index contributed by atoms with van der Waals surface area (Å²) in [5, 5.41) is 9.38. The van der Waals surface area contributed by atoms with Gasteiger partial charge in [-0.25, -0.2) is 9.67 Å². The standard InChI is InChI=1S/C19H24N6/c1-19(2,3)17-11-16-12-23(9-10-24(16)21-17)13-18-20-14-25(22-18)15-7-5-4-6-8-15/h4-8,11,14H,9-10,12-13H2,1-3H3. The molecule has 0 aliphatic carbocycles. The lowest BCUT2D eigenvalue weighted by Crippen LogP contribution is -2.33. The van der Waals surface area contributed by atoms with E-state index in [1.807, 2.05) is 35.0 Å². The van der Waals surface area contributed by atoms with Crippen molar-refractivity contribution in [3.63, 3.8) is 0 Å². The highest BCUT2D eigenvalue weighted by Crippen LogP contribution is 2.24. The highest BCUT2D eigenvalue weighted by Gasteiger charge is 2.24. The molecule has 0 amide bonds. The third-order valence-corrected chi connectivity index (χ3v) is 4.57. The maximum absolute atomic E-state index is 4.76. The van der Waals surface area contributed by atoms with E-state index in [-0.39, 0.29) is 5.41 Å². The second-order valence-electron chi connectivity index (χ2n) is 7.65. The van der Waals surface area contributed by atoms with E-state index >= 15 is 0 Å². The third-order valence-electron chi connectivity index (χ3n) is 4.57. The molecule has 0 radical (unpaired) electrons. The highest BCUT2D eigenvalue weighted by atomic mass is 15.4. The molecule has 1 aliphatic heterocycles. The van der Waals surface area contributed by atoms with Crippen LogP contribution in [0, 0.1) is 0 Å². The summed E-state index contributed by atoms with van der Waals surface area (Å²) >= 11 is 0. The molecule has 6 heteroatoms. The van der Waals surface area contributed by atoms with Crippen molar-refractivity contribution in [3.8, 4) is 5.69 Å². The predicted octanol–water partition coefficient (Wildman–Crippen LogP) is 2.78. The van der Waals surface area contributed by atoms with Crippen LogP contribution < -0.4 is 0 Å². The molecule has 4 rings (SSSR count). The average molecular weight is 336 g/mol. The fourth-order valence-electron chi connectivity index (χ4n) is 3.10. The molecule has 0 saturated carbocycles. The Balaban J connectivity index is 1.46. The molecule has 1 aromatic carbocycles. The summed E-state index contributed by atoms with van der Waals surface area (Å²) in [6, 6.07) is 12.3. The van der Waals surface area contributed by atoms with Crippen molar-refractivity contribution in [3.05, 3.63) is 59.9 Å². The van der Waals surface area contributed by atoms with Crippen molar-refractivity contribution in [1.29, 1.82) is 0 Å². The van der Waals surface area contributed by atoms with E-state index in [0.717, 1.165) is 43.4 Å². The smallest absolute Gasteiger partial charge is 0.165 e. The molecule has 0 fully saturated rings. The summed E-state index contributed by atoms with van der Waals surface area (Å²) in [5.74, 6) is 0.855. The molecule has 3 heterocycles. The Labute approximate surface area is 148 Å². The van der Waals surface area contributed by atoms with Gasteiger partial charge in [-0.2, -0.15) is 5.10 Å². The quantitative estimate of drug-likeness (QED) is 0.738. The number of hydrogen-bond donors (Lipinski definition) is 0. The number of aromatic nitrogens is 5. The molecule has 0 spiro atoms. The van der Waals surface area contributed by atoms with Crippen LogP contribution in [0.2, 0.25) is 0 Å². The summed E-state index contributed by atoms with van der Waals surface area (Å²) in [4.78, 5) is 6.86. The van der Waals surface area contributed by atoms with Gasteiger partial charge in [-0.05, 0) is 18.2 Å². The Kier molecular flexibility index (Phi) is 3.92. The second-order valence-corrected chi connectivity index (χ2v) is 7.65. The minimum atomic E-state index is 0.0885. The molecule has 130 valence electrons. The number of para-hydroxylation sites is 1. The van der Waals surface area contributed by atoms with E-state index in [4.69, 9.17) is 5.10 Å². The lowest BCUT2D eigenvalue weighted by Gasteiger charge is -2.26. The lowest BCUT2D eigenvalue weighted by molar-refractivity contribution is 0.200. The Morgan fingerprint density at radius 1 is 1.04 bits per heavy atom. The molecule has 0 saturated heterocycles. The van der Waals surface area contributed by atoms with Crippen LogP contribution in [-0.4, -0.2) is 36.0 Å². The first-order chi connectivity index (χ1) is 12.0. The zero-order valence-electron chi connectivity index (χ0n) is 15.1. The maximum Gasteiger partial charge on any atom is 0.165 e. The van der Waals surface area contributed by atoms with Gasteiger partial charge in [-0.1, -0.05) is 39.0 Å². The molecule has 0 unspecified atom stereocenters. The van der Waals surface area contributed by atoms with E-state index < -0.39 is 0 Å². The molecule has 25 heavy (non-hydrogen) atoms. The summed E-state index contributed by atoms with van der Waals surface area (Å²) in [5.41, 5.74) is 3.56. The first-order valence-electron chi connectivity index (χ1n) is 8.74. The molecule has 0 N–H and O–H groups in total. The zero-order valence-corrected chi connectivity index (χ0v) is 15.1. The van der Waals surface area contributed by atoms with Crippen LogP contribution in [0.25, 0.3) is 5.69 Å². The van der Waals surface area contributed by atoms with Crippen molar-refractivity contribution in [2.24, 2.45) is 0 Å². The first-order valence-corrected chi connectivity index (χ1v) is 8.74. The van der Waals surface area contributed by atoms with Gasteiger partial charge >= 0.3 is 0 Å². The van der Waals surface area contributed by atoms with Crippen molar-refractivity contribution in [2.75, 3.05) is 6.54 Å². The molecule has 6 nitrogen and oxygen atoms in total. The molecule has 3 aromatic rings. The fraction of sp³-hybridized carbons (Fsp3) is 0.421. The van der Waals surface area contributed by atoms with Gasteiger partial charge in [0.2, 0.25) is 0 Å². The number of benzene rings is 1. The van der Waals surface area contributed by atoms with E-state index in [1.165, 1.54) is 5.69 Å². The Hall–Kier alpha value is -2.47.